The van der Waals surface area contributed by atoms with Crippen LogP contribution in [-0.4, -0.2) is 38.6 Å². The Bertz CT molecular complexity index is 124. The Balaban J connectivity index is 3.08. The lowest BCUT2D eigenvalue weighted by atomic mass is 10.4. The van der Waals surface area contributed by atoms with Gasteiger partial charge in [0.25, 0.3) is 0 Å². The summed E-state index contributed by atoms with van der Waals surface area (Å²) < 4.78 is 16.5. The zero-order valence-corrected chi connectivity index (χ0v) is 8.05. The van der Waals surface area contributed by atoms with Crippen molar-refractivity contribution in [2.24, 2.45) is 0 Å². The normalized spacial score (nSPS) is 9.50. The fourth-order valence-corrected chi connectivity index (χ4v) is 0.846. The van der Waals surface area contributed by atoms with Gasteiger partial charge in [0.05, 0.1) is 0 Å². The fraction of sp³-hybridized carbons (Fsp3) is 0.857. The van der Waals surface area contributed by atoms with E-state index in [1.54, 1.807) is 7.11 Å². The third kappa shape index (κ3) is 7.68. The summed E-state index contributed by atoms with van der Waals surface area (Å²) in [4.78, 5) is 0. The largest absolute Gasteiger partial charge is 0.385 e. The maximum absolute atomic E-state index is 11.6. The Morgan fingerprint density at radius 2 is 2.08 bits per heavy atom. The molecule has 72 valence electrons. The molecule has 5 heteroatoms. The predicted molar refractivity (Wildman–Crippen MR) is 51.1 cm³/mol. The van der Waals surface area contributed by atoms with Crippen LogP contribution in [-0.2, 0) is 4.74 Å². The zero-order valence-electron chi connectivity index (χ0n) is 7.23. The van der Waals surface area contributed by atoms with Crippen molar-refractivity contribution in [3.8, 4) is 0 Å². The zero-order chi connectivity index (χ0) is 9.23. The standard InChI is InChI=1S/C7H15FN2OS/c1-11-6-2-4-9-7(12)10-5-3-8/h2-6H2,1H3,(H2,9,10,12). The minimum atomic E-state index is -0.403. The molecule has 0 bridgehead atoms. The Kier molecular flexibility index (Phi) is 8.37. The van der Waals surface area contributed by atoms with Crippen molar-refractivity contribution < 1.29 is 9.13 Å². The van der Waals surface area contributed by atoms with Gasteiger partial charge in [-0.05, 0) is 18.6 Å². The average molecular weight is 194 g/mol. The fourth-order valence-electron chi connectivity index (χ4n) is 0.642. The van der Waals surface area contributed by atoms with E-state index in [9.17, 15) is 4.39 Å². The summed E-state index contributed by atoms with van der Waals surface area (Å²) in [5.74, 6) is 0. The highest BCUT2D eigenvalue weighted by molar-refractivity contribution is 7.80. The molecule has 0 spiro atoms. The van der Waals surface area contributed by atoms with Gasteiger partial charge in [-0.25, -0.2) is 4.39 Å². The van der Waals surface area contributed by atoms with Crippen LogP contribution < -0.4 is 10.6 Å². The molecule has 0 rings (SSSR count). The van der Waals surface area contributed by atoms with Gasteiger partial charge in [-0.2, -0.15) is 0 Å². The van der Waals surface area contributed by atoms with Crippen LogP contribution in [0.3, 0.4) is 0 Å². The average Bonchev–Trinajstić information content (AvgIpc) is 2.09. The van der Waals surface area contributed by atoms with Crippen LogP contribution >= 0.6 is 12.2 Å². The Morgan fingerprint density at radius 3 is 2.67 bits per heavy atom. The van der Waals surface area contributed by atoms with Gasteiger partial charge in [0.2, 0.25) is 0 Å². The number of nitrogens with one attached hydrogen (secondary N) is 2. The first-order chi connectivity index (χ1) is 5.81. The molecule has 3 nitrogen and oxygen atoms in total. The highest BCUT2D eigenvalue weighted by atomic mass is 32.1. The van der Waals surface area contributed by atoms with Crippen molar-refractivity contribution in [2.75, 3.05) is 33.5 Å². The third-order valence-electron chi connectivity index (χ3n) is 1.19. The van der Waals surface area contributed by atoms with Crippen LogP contribution in [0.1, 0.15) is 6.42 Å². The number of ether oxygens (including phenoxy) is 1. The maximum Gasteiger partial charge on any atom is 0.166 e. The molecule has 0 aromatic heterocycles. The molecule has 0 saturated heterocycles. The Morgan fingerprint density at radius 1 is 1.42 bits per heavy atom. The van der Waals surface area contributed by atoms with E-state index in [-0.39, 0.29) is 6.54 Å². The number of alkyl halides is 1. The number of rotatable bonds is 6. The van der Waals surface area contributed by atoms with E-state index in [0.29, 0.717) is 11.7 Å². The lowest BCUT2D eigenvalue weighted by Crippen LogP contribution is -2.37. The van der Waals surface area contributed by atoms with Gasteiger partial charge < -0.3 is 15.4 Å². The van der Waals surface area contributed by atoms with Crippen LogP contribution in [0.5, 0.6) is 0 Å². The summed E-state index contributed by atoms with van der Waals surface area (Å²) in [7, 11) is 1.65. The molecule has 0 atom stereocenters. The molecule has 12 heavy (non-hydrogen) atoms. The van der Waals surface area contributed by atoms with Crippen LogP contribution in [0.4, 0.5) is 4.39 Å². The van der Waals surface area contributed by atoms with Gasteiger partial charge in [0.15, 0.2) is 5.11 Å². The van der Waals surface area contributed by atoms with Crippen molar-refractivity contribution in [3.63, 3.8) is 0 Å². The van der Waals surface area contributed by atoms with E-state index < -0.39 is 6.67 Å². The first kappa shape index (κ1) is 11.6. The van der Waals surface area contributed by atoms with Gasteiger partial charge in [-0.3, -0.25) is 0 Å². The molecule has 0 aliphatic heterocycles. The van der Waals surface area contributed by atoms with Gasteiger partial charge in [-0.15, -0.1) is 0 Å². The molecule has 0 amide bonds. The van der Waals surface area contributed by atoms with Crippen molar-refractivity contribution in [1.82, 2.24) is 10.6 Å². The summed E-state index contributed by atoms with van der Waals surface area (Å²) in [5, 5.41) is 6.14. The molecule has 0 aliphatic rings. The minimum absolute atomic E-state index is 0.274. The second-order valence-corrected chi connectivity index (χ2v) is 2.63. The molecule has 2 N–H and O–H groups in total. The number of hydrogen-bond donors (Lipinski definition) is 2. The molecular weight excluding hydrogens is 179 g/mol. The summed E-state index contributed by atoms with van der Waals surface area (Å²) in [6, 6.07) is 0. The van der Waals surface area contributed by atoms with Gasteiger partial charge in [0, 0.05) is 26.8 Å². The van der Waals surface area contributed by atoms with Gasteiger partial charge >= 0.3 is 0 Å². The van der Waals surface area contributed by atoms with Crippen molar-refractivity contribution >= 4 is 17.3 Å². The third-order valence-corrected chi connectivity index (χ3v) is 1.48. The van der Waals surface area contributed by atoms with Crippen molar-refractivity contribution in [1.29, 1.82) is 0 Å². The molecule has 0 heterocycles. The van der Waals surface area contributed by atoms with E-state index in [4.69, 9.17) is 17.0 Å². The minimum Gasteiger partial charge on any atom is -0.385 e. The molecule has 0 aromatic rings. The highest BCUT2D eigenvalue weighted by Crippen LogP contribution is 1.77. The van der Waals surface area contributed by atoms with Crippen molar-refractivity contribution in [3.05, 3.63) is 0 Å². The smallest absolute Gasteiger partial charge is 0.166 e. The molecule has 0 aliphatic carbocycles. The summed E-state index contributed by atoms with van der Waals surface area (Å²) in [5.41, 5.74) is 0. The monoisotopic (exact) mass is 194 g/mol. The van der Waals surface area contributed by atoms with Crippen LogP contribution in [0, 0.1) is 0 Å². The van der Waals surface area contributed by atoms with Crippen LogP contribution in [0.2, 0.25) is 0 Å². The lowest BCUT2D eigenvalue weighted by molar-refractivity contribution is 0.195. The maximum atomic E-state index is 11.6. The lowest BCUT2D eigenvalue weighted by Gasteiger charge is -2.07. The van der Waals surface area contributed by atoms with E-state index in [2.05, 4.69) is 10.6 Å². The predicted octanol–water partition coefficient (Wildman–Crippen LogP) is 0.457. The second-order valence-electron chi connectivity index (χ2n) is 2.22. The van der Waals surface area contributed by atoms with E-state index in [1.807, 2.05) is 0 Å². The van der Waals surface area contributed by atoms with Gasteiger partial charge in [-0.1, -0.05) is 0 Å². The molecule has 0 radical (unpaired) electrons. The Labute approximate surface area is 77.7 Å². The number of methoxy groups -OCH3 is 1. The number of thiocarbonyl (C=S) groups is 1. The first-order valence-corrected chi connectivity index (χ1v) is 4.28. The molecule has 0 saturated carbocycles. The molecule has 0 aromatic carbocycles. The molecule has 0 unspecified atom stereocenters. The molecular formula is C7H15FN2OS. The van der Waals surface area contributed by atoms with Crippen LogP contribution in [0.15, 0.2) is 0 Å². The summed E-state index contributed by atoms with van der Waals surface area (Å²) >= 11 is 4.84. The first-order valence-electron chi connectivity index (χ1n) is 3.88. The Hall–Kier alpha value is -0.420. The highest BCUT2D eigenvalue weighted by Gasteiger charge is 1.92. The second kappa shape index (κ2) is 8.67. The van der Waals surface area contributed by atoms with Gasteiger partial charge in [0.1, 0.15) is 6.67 Å². The van der Waals surface area contributed by atoms with Crippen LogP contribution in [0.25, 0.3) is 0 Å². The number of hydrogen-bond acceptors (Lipinski definition) is 2. The van der Waals surface area contributed by atoms with E-state index >= 15 is 0 Å². The quantitative estimate of drug-likeness (QED) is 0.475. The summed E-state index contributed by atoms with van der Waals surface area (Å²) in [6.45, 7) is 1.33. The van der Waals surface area contributed by atoms with E-state index in [1.165, 1.54) is 0 Å². The molecule has 0 fully saturated rings. The number of halogens is 1. The summed E-state index contributed by atoms with van der Waals surface area (Å²) in [6.07, 6.45) is 0.897. The van der Waals surface area contributed by atoms with E-state index in [0.717, 1.165) is 13.0 Å². The SMILES string of the molecule is COCCCNC(=S)NCCF. The van der Waals surface area contributed by atoms with Crippen molar-refractivity contribution in [2.45, 2.75) is 6.42 Å². The topological polar surface area (TPSA) is 33.3 Å².